The lowest BCUT2D eigenvalue weighted by atomic mass is 10.0. The molecule has 1 heterocycles. The number of benzene rings is 2. The van der Waals surface area contributed by atoms with Gasteiger partial charge in [-0.25, -0.2) is 4.98 Å². The van der Waals surface area contributed by atoms with Crippen molar-refractivity contribution in [3.63, 3.8) is 0 Å². The number of aromatic nitrogens is 2. The number of likely N-dealkylation sites (N-methyl/N-ethyl adjacent to an activating group) is 1. The van der Waals surface area contributed by atoms with Crippen LogP contribution in [0.3, 0.4) is 0 Å². The Labute approximate surface area is 154 Å². The number of carbonyl (C=O) groups is 1. The first kappa shape index (κ1) is 18.1. The van der Waals surface area contributed by atoms with Crippen molar-refractivity contribution < 1.29 is 4.79 Å². The van der Waals surface area contributed by atoms with Crippen molar-refractivity contribution in [3.8, 4) is 5.69 Å². The van der Waals surface area contributed by atoms with Crippen molar-refractivity contribution in [2.75, 3.05) is 20.6 Å². The lowest BCUT2D eigenvalue weighted by Crippen LogP contribution is -2.43. The topological polar surface area (TPSA) is 50.2 Å². The SMILES string of the molecule is CC(C)C(CNC(=O)c1ccc(-n2cnc3ccccc32)cc1)N(C)C. The Hall–Kier alpha value is -2.66. The summed E-state index contributed by atoms with van der Waals surface area (Å²) in [5, 5.41) is 3.05. The van der Waals surface area contributed by atoms with Gasteiger partial charge in [-0.05, 0) is 56.4 Å². The third kappa shape index (κ3) is 3.78. The van der Waals surface area contributed by atoms with Crippen LogP contribution >= 0.6 is 0 Å². The zero-order valence-electron chi connectivity index (χ0n) is 15.8. The number of nitrogens with one attached hydrogen (secondary N) is 1. The average Bonchev–Trinajstić information content (AvgIpc) is 3.05. The van der Waals surface area contributed by atoms with Crippen LogP contribution in [0.5, 0.6) is 0 Å². The fourth-order valence-corrected chi connectivity index (χ4v) is 3.25. The van der Waals surface area contributed by atoms with Crippen molar-refractivity contribution in [2.24, 2.45) is 5.92 Å². The summed E-state index contributed by atoms with van der Waals surface area (Å²) >= 11 is 0. The van der Waals surface area contributed by atoms with Gasteiger partial charge in [0.2, 0.25) is 0 Å². The summed E-state index contributed by atoms with van der Waals surface area (Å²) in [6.45, 7) is 4.97. The summed E-state index contributed by atoms with van der Waals surface area (Å²) in [5.74, 6) is 0.432. The molecule has 1 aromatic heterocycles. The van der Waals surface area contributed by atoms with Gasteiger partial charge in [0.15, 0.2) is 0 Å². The second-order valence-electron chi connectivity index (χ2n) is 7.14. The minimum atomic E-state index is -0.0421. The van der Waals surface area contributed by atoms with Crippen molar-refractivity contribution in [1.82, 2.24) is 19.8 Å². The van der Waals surface area contributed by atoms with Crippen LogP contribution < -0.4 is 5.32 Å². The average molecular weight is 350 g/mol. The minimum absolute atomic E-state index is 0.0421. The van der Waals surface area contributed by atoms with Crippen molar-refractivity contribution >= 4 is 16.9 Å². The molecule has 0 aliphatic rings. The van der Waals surface area contributed by atoms with Gasteiger partial charge >= 0.3 is 0 Å². The van der Waals surface area contributed by atoms with Gasteiger partial charge in [0.1, 0.15) is 6.33 Å². The Morgan fingerprint density at radius 2 is 1.81 bits per heavy atom. The summed E-state index contributed by atoms with van der Waals surface area (Å²) in [4.78, 5) is 19.0. The number of nitrogens with zero attached hydrogens (tertiary/aromatic N) is 3. The molecule has 1 atom stereocenters. The summed E-state index contributed by atoms with van der Waals surface area (Å²) in [6, 6.07) is 15.9. The molecule has 0 bridgehead atoms. The number of hydrogen-bond acceptors (Lipinski definition) is 3. The van der Waals surface area contributed by atoms with E-state index in [-0.39, 0.29) is 5.91 Å². The van der Waals surface area contributed by atoms with Crippen LogP contribution in [-0.4, -0.2) is 47.0 Å². The van der Waals surface area contributed by atoms with E-state index in [1.807, 2.05) is 73.5 Å². The van der Waals surface area contributed by atoms with Gasteiger partial charge < -0.3 is 10.2 Å². The zero-order valence-corrected chi connectivity index (χ0v) is 15.8. The standard InChI is InChI=1S/C21H26N4O/c1-15(2)20(24(3)4)13-22-21(26)16-9-11-17(12-10-16)25-14-23-18-7-5-6-8-19(18)25/h5-12,14-15,20H,13H2,1-4H3,(H,22,26). The molecule has 0 radical (unpaired) electrons. The fraction of sp³-hybridized carbons (Fsp3) is 0.333. The van der Waals surface area contributed by atoms with E-state index in [0.717, 1.165) is 16.7 Å². The van der Waals surface area contributed by atoms with E-state index >= 15 is 0 Å². The van der Waals surface area contributed by atoms with Gasteiger partial charge in [-0.15, -0.1) is 0 Å². The molecular weight excluding hydrogens is 324 g/mol. The van der Waals surface area contributed by atoms with Crippen LogP contribution in [0.4, 0.5) is 0 Å². The molecule has 0 saturated carbocycles. The normalized spacial score (nSPS) is 12.7. The molecule has 1 unspecified atom stereocenters. The number of carbonyl (C=O) groups excluding carboxylic acids is 1. The van der Waals surface area contributed by atoms with Gasteiger partial charge in [0.25, 0.3) is 5.91 Å². The number of hydrogen-bond donors (Lipinski definition) is 1. The Bertz CT molecular complexity index is 872. The maximum atomic E-state index is 12.5. The van der Waals surface area contributed by atoms with E-state index in [1.165, 1.54) is 0 Å². The molecule has 1 N–H and O–H groups in total. The highest BCUT2D eigenvalue weighted by Gasteiger charge is 2.17. The quantitative estimate of drug-likeness (QED) is 0.742. The molecule has 136 valence electrons. The third-order valence-electron chi connectivity index (χ3n) is 4.77. The Balaban J connectivity index is 1.72. The molecule has 3 aromatic rings. The maximum absolute atomic E-state index is 12.5. The van der Waals surface area contributed by atoms with Gasteiger partial charge in [-0.3, -0.25) is 9.36 Å². The third-order valence-corrected chi connectivity index (χ3v) is 4.77. The first-order chi connectivity index (χ1) is 12.5. The minimum Gasteiger partial charge on any atom is -0.350 e. The number of rotatable bonds is 6. The Morgan fingerprint density at radius 3 is 2.46 bits per heavy atom. The summed E-state index contributed by atoms with van der Waals surface area (Å²) < 4.78 is 2.03. The predicted molar refractivity (Wildman–Crippen MR) is 106 cm³/mol. The molecule has 3 rings (SSSR count). The second-order valence-corrected chi connectivity index (χ2v) is 7.14. The molecular formula is C21H26N4O. The highest BCUT2D eigenvalue weighted by atomic mass is 16.1. The predicted octanol–water partition coefficient (Wildman–Crippen LogP) is 3.34. The van der Waals surface area contributed by atoms with Crippen molar-refractivity contribution in [1.29, 1.82) is 0 Å². The van der Waals surface area contributed by atoms with E-state index < -0.39 is 0 Å². The number of amides is 1. The van der Waals surface area contributed by atoms with E-state index in [0.29, 0.717) is 24.1 Å². The van der Waals surface area contributed by atoms with Gasteiger partial charge in [-0.1, -0.05) is 26.0 Å². The lowest BCUT2D eigenvalue weighted by molar-refractivity contribution is 0.0934. The monoisotopic (exact) mass is 350 g/mol. The van der Waals surface area contributed by atoms with Crippen molar-refractivity contribution in [3.05, 3.63) is 60.4 Å². The fourth-order valence-electron chi connectivity index (χ4n) is 3.25. The van der Waals surface area contributed by atoms with Gasteiger partial charge in [-0.2, -0.15) is 0 Å². The highest BCUT2D eigenvalue weighted by molar-refractivity contribution is 5.94. The van der Waals surface area contributed by atoms with Crippen LogP contribution in [0.2, 0.25) is 0 Å². The Kier molecular flexibility index (Phi) is 5.38. The van der Waals surface area contributed by atoms with Gasteiger partial charge in [0, 0.05) is 23.8 Å². The van der Waals surface area contributed by atoms with E-state index in [9.17, 15) is 4.79 Å². The smallest absolute Gasteiger partial charge is 0.251 e. The van der Waals surface area contributed by atoms with Crippen LogP contribution in [-0.2, 0) is 0 Å². The number of para-hydroxylation sites is 2. The molecule has 2 aromatic carbocycles. The first-order valence-electron chi connectivity index (χ1n) is 8.94. The van der Waals surface area contributed by atoms with Crippen LogP contribution in [0.25, 0.3) is 16.7 Å². The largest absolute Gasteiger partial charge is 0.350 e. The van der Waals surface area contributed by atoms with E-state index in [2.05, 4.69) is 29.0 Å². The van der Waals surface area contributed by atoms with E-state index in [4.69, 9.17) is 0 Å². The molecule has 26 heavy (non-hydrogen) atoms. The molecule has 5 heteroatoms. The summed E-state index contributed by atoms with van der Waals surface area (Å²) in [5.41, 5.74) is 3.66. The molecule has 1 amide bonds. The second kappa shape index (κ2) is 7.70. The molecule has 0 aliphatic carbocycles. The van der Waals surface area contributed by atoms with Crippen molar-refractivity contribution in [2.45, 2.75) is 19.9 Å². The van der Waals surface area contributed by atoms with Crippen LogP contribution in [0.15, 0.2) is 54.9 Å². The Morgan fingerprint density at radius 1 is 1.12 bits per heavy atom. The molecule has 0 spiro atoms. The summed E-state index contributed by atoms with van der Waals surface area (Å²) in [7, 11) is 4.09. The van der Waals surface area contributed by atoms with E-state index in [1.54, 1.807) is 0 Å². The van der Waals surface area contributed by atoms with Crippen LogP contribution in [0.1, 0.15) is 24.2 Å². The summed E-state index contributed by atoms with van der Waals surface area (Å²) in [6.07, 6.45) is 1.81. The van der Waals surface area contributed by atoms with Crippen LogP contribution in [0, 0.1) is 5.92 Å². The molecule has 0 aliphatic heterocycles. The number of fused-ring (bicyclic) bond motifs is 1. The lowest BCUT2D eigenvalue weighted by Gasteiger charge is -2.28. The first-order valence-corrected chi connectivity index (χ1v) is 8.94. The number of imidazole rings is 1. The molecule has 5 nitrogen and oxygen atoms in total. The van der Waals surface area contributed by atoms with Gasteiger partial charge in [0.05, 0.1) is 11.0 Å². The molecule has 0 saturated heterocycles. The maximum Gasteiger partial charge on any atom is 0.251 e. The highest BCUT2D eigenvalue weighted by Crippen LogP contribution is 2.18. The zero-order chi connectivity index (χ0) is 18.7. The molecule has 0 fully saturated rings.